The number of carbonyl (C=O) groups is 1. The van der Waals surface area contributed by atoms with Gasteiger partial charge in [0.25, 0.3) is 5.24 Å². The van der Waals surface area contributed by atoms with Crippen LogP contribution in [0.2, 0.25) is 0 Å². The lowest BCUT2D eigenvalue weighted by Crippen LogP contribution is -2.22. The van der Waals surface area contributed by atoms with Crippen molar-refractivity contribution in [3.63, 3.8) is 0 Å². The van der Waals surface area contributed by atoms with Gasteiger partial charge in [-0.1, -0.05) is 6.92 Å². The number of hydrogen-bond acceptors (Lipinski definition) is 2. The second kappa shape index (κ2) is 5.07. The summed E-state index contributed by atoms with van der Waals surface area (Å²) in [4.78, 5) is 10.8. The first-order valence-corrected chi connectivity index (χ1v) is 4.73. The van der Waals surface area contributed by atoms with Crippen molar-refractivity contribution < 1.29 is 18.3 Å². The molecule has 1 unspecified atom stereocenters. The Morgan fingerprint density at radius 2 is 2.20 bits per heavy atom. The van der Waals surface area contributed by atoms with E-state index in [1.54, 1.807) is 6.92 Å². The van der Waals surface area contributed by atoms with Gasteiger partial charge in [0.15, 0.2) is 17.7 Å². The normalized spacial score (nSPS) is 12.3. The Hall–Kier alpha value is -1.16. The second-order valence-corrected chi connectivity index (χ2v) is 3.27. The Morgan fingerprint density at radius 3 is 2.67 bits per heavy atom. The predicted octanol–water partition coefficient (Wildman–Crippen LogP) is 2.89. The summed E-state index contributed by atoms with van der Waals surface area (Å²) in [7, 11) is 0. The van der Waals surface area contributed by atoms with Crippen molar-refractivity contribution in [3.8, 4) is 5.75 Å². The summed E-state index contributed by atoms with van der Waals surface area (Å²) >= 11 is 5.22. The quantitative estimate of drug-likeness (QED) is 0.749. The molecule has 15 heavy (non-hydrogen) atoms. The molecular formula is C10H9ClF2O2. The maximum Gasteiger partial charge on any atom is 0.262 e. The molecule has 0 saturated heterocycles. The van der Waals surface area contributed by atoms with Gasteiger partial charge < -0.3 is 4.74 Å². The van der Waals surface area contributed by atoms with E-state index in [0.29, 0.717) is 12.5 Å². The van der Waals surface area contributed by atoms with Gasteiger partial charge in [-0.3, -0.25) is 4.79 Å². The highest BCUT2D eigenvalue weighted by molar-refractivity contribution is 6.64. The van der Waals surface area contributed by atoms with Crippen LogP contribution in [0, 0.1) is 11.6 Å². The third-order valence-electron chi connectivity index (χ3n) is 1.79. The minimum Gasteiger partial charge on any atom is -0.478 e. The first-order valence-electron chi connectivity index (χ1n) is 4.35. The monoisotopic (exact) mass is 234 g/mol. The van der Waals surface area contributed by atoms with E-state index in [1.807, 2.05) is 0 Å². The summed E-state index contributed by atoms with van der Waals surface area (Å²) in [6, 6.07) is 2.84. The molecule has 1 rings (SSSR count). The number of benzene rings is 1. The number of ether oxygens (including phenoxy) is 1. The van der Waals surface area contributed by atoms with Gasteiger partial charge in [-0.15, -0.1) is 0 Å². The standard InChI is InChI=1S/C10H9ClF2O2/c1-2-8(10(11)14)15-9-4-3-6(12)5-7(9)13/h3-5,8H,2H2,1H3. The van der Waals surface area contributed by atoms with Crippen LogP contribution >= 0.6 is 11.6 Å². The molecule has 1 aromatic carbocycles. The molecule has 2 nitrogen and oxygen atoms in total. The topological polar surface area (TPSA) is 26.3 Å². The van der Waals surface area contributed by atoms with Gasteiger partial charge in [-0.25, -0.2) is 8.78 Å². The van der Waals surface area contributed by atoms with Gasteiger partial charge in [0.1, 0.15) is 5.82 Å². The SMILES string of the molecule is CCC(Oc1ccc(F)cc1F)C(=O)Cl. The molecule has 0 bridgehead atoms. The van der Waals surface area contributed by atoms with Gasteiger partial charge >= 0.3 is 0 Å². The molecule has 0 radical (unpaired) electrons. The van der Waals surface area contributed by atoms with Crippen molar-refractivity contribution in [2.45, 2.75) is 19.4 Å². The maximum absolute atomic E-state index is 13.1. The molecule has 1 atom stereocenters. The zero-order valence-electron chi connectivity index (χ0n) is 7.97. The third-order valence-corrected chi connectivity index (χ3v) is 2.03. The van der Waals surface area contributed by atoms with Gasteiger partial charge in [0, 0.05) is 6.07 Å². The van der Waals surface area contributed by atoms with Crippen LogP contribution in [0.5, 0.6) is 5.75 Å². The Balaban J connectivity index is 2.84. The molecule has 0 aliphatic carbocycles. The summed E-state index contributed by atoms with van der Waals surface area (Å²) in [5.41, 5.74) is 0. The fourth-order valence-electron chi connectivity index (χ4n) is 1.01. The van der Waals surface area contributed by atoms with Gasteiger partial charge in [-0.05, 0) is 30.2 Å². The van der Waals surface area contributed by atoms with Crippen molar-refractivity contribution >= 4 is 16.8 Å². The second-order valence-electron chi connectivity index (χ2n) is 2.89. The molecule has 0 N–H and O–H groups in total. The van der Waals surface area contributed by atoms with E-state index >= 15 is 0 Å². The van der Waals surface area contributed by atoms with E-state index in [4.69, 9.17) is 16.3 Å². The molecule has 0 amide bonds. The van der Waals surface area contributed by atoms with Crippen LogP contribution < -0.4 is 4.74 Å². The fourth-order valence-corrected chi connectivity index (χ4v) is 1.21. The minimum absolute atomic E-state index is 0.183. The predicted molar refractivity (Wildman–Crippen MR) is 51.9 cm³/mol. The summed E-state index contributed by atoms with van der Waals surface area (Å²) in [6.45, 7) is 1.67. The Kier molecular flexibility index (Phi) is 4.03. The first kappa shape index (κ1) is 11.9. The highest BCUT2D eigenvalue weighted by atomic mass is 35.5. The maximum atomic E-state index is 13.1. The number of rotatable bonds is 4. The van der Waals surface area contributed by atoms with E-state index in [1.165, 1.54) is 0 Å². The van der Waals surface area contributed by atoms with Crippen LogP contribution in [0.1, 0.15) is 13.3 Å². The largest absolute Gasteiger partial charge is 0.478 e. The summed E-state index contributed by atoms with van der Waals surface area (Å²) in [5.74, 6) is -1.74. The molecule has 0 aliphatic rings. The Bertz CT molecular complexity index is 368. The lowest BCUT2D eigenvalue weighted by atomic mass is 10.3. The van der Waals surface area contributed by atoms with Crippen LogP contribution in [-0.4, -0.2) is 11.3 Å². The van der Waals surface area contributed by atoms with Crippen molar-refractivity contribution in [1.29, 1.82) is 0 Å². The molecule has 5 heteroatoms. The average Bonchev–Trinajstić information content (AvgIpc) is 2.16. The molecular weight excluding hydrogens is 226 g/mol. The third kappa shape index (κ3) is 3.16. The van der Waals surface area contributed by atoms with E-state index < -0.39 is 23.0 Å². The lowest BCUT2D eigenvalue weighted by molar-refractivity contribution is -0.118. The summed E-state index contributed by atoms with van der Waals surface area (Å²) < 4.78 is 30.6. The fraction of sp³-hybridized carbons (Fsp3) is 0.300. The first-order chi connectivity index (χ1) is 7.04. The van der Waals surface area contributed by atoms with Crippen LogP contribution in [0.15, 0.2) is 18.2 Å². The Morgan fingerprint density at radius 1 is 1.53 bits per heavy atom. The van der Waals surface area contributed by atoms with Crippen molar-refractivity contribution in [2.75, 3.05) is 0 Å². The van der Waals surface area contributed by atoms with Gasteiger partial charge in [0.2, 0.25) is 0 Å². The number of halogens is 3. The van der Waals surface area contributed by atoms with Crippen LogP contribution in [-0.2, 0) is 4.79 Å². The highest BCUT2D eigenvalue weighted by Crippen LogP contribution is 2.20. The average molecular weight is 235 g/mol. The molecule has 0 aromatic heterocycles. The summed E-state index contributed by atoms with van der Waals surface area (Å²) in [5, 5.41) is -0.707. The van der Waals surface area contributed by atoms with Gasteiger partial charge in [-0.2, -0.15) is 0 Å². The smallest absolute Gasteiger partial charge is 0.262 e. The zero-order valence-corrected chi connectivity index (χ0v) is 8.72. The molecule has 0 saturated carbocycles. The van der Waals surface area contributed by atoms with E-state index in [0.717, 1.165) is 12.1 Å². The van der Waals surface area contributed by atoms with Crippen molar-refractivity contribution in [2.24, 2.45) is 0 Å². The lowest BCUT2D eigenvalue weighted by Gasteiger charge is -2.13. The van der Waals surface area contributed by atoms with Crippen LogP contribution in [0.3, 0.4) is 0 Å². The molecule has 0 fully saturated rings. The molecule has 82 valence electrons. The minimum atomic E-state index is -0.911. The Labute approximate surface area is 90.8 Å². The van der Waals surface area contributed by atoms with Gasteiger partial charge in [0.05, 0.1) is 0 Å². The van der Waals surface area contributed by atoms with E-state index in [2.05, 4.69) is 0 Å². The van der Waals surface area contributed by atoms with Crippen LogP contribution in [0.4, 0.5) is 8.78 Å². The molecule has 0 aliphatic heterocycles. The molecule has 0 heterocycles. The van der Waals surface area contributed by atoms with Crippen molar-refractivity contribution in [1.82, 2.24) is 0 Å². The molecule has 0 spiro atoms. The van der Waals surface area contributed by atoms with Crippen LogP contribution in [0.25, 0.3) is 0 Å². The number of hydrogen-bond donors (Lipinski definition) is 0. The number of carbonyl (C=O) groups excluding carboxylic acids is 1. The summed E-state index contributed by atoms with van der Waals surface area (Å²) in [6.07, 6.45) is -0.592. The highest BCUT2D eigenvalue weighted by Gasteiger charge is 2.17. The molecule has 1 aromatic rings. The zero-order chi connectivity index (χ0) is 11.4. The van der Waals surface area contributed by atoms with Crippen molar-refractivity contribution in [3.05, 3.63) is 29.8 Å². The van der Waals surface area contributed by atoms with E-state index in [-0.39, 0.29) is 5.75 Å². The van der Waals surface area contributed by atoms with E-state index in [9.17, 15) is 13.6 Å².